The average Bonchev–Trinajstić information content (AvgIpc) is 3.42. The third-order valence-electron chi connectivity index (χ3n) is 6.02. The molecule has 2 aliphatic heterocycles. The maximum atomic E-state index is 6.33. The Morgan fingerprint density at radius 1 is 1.33 bits per heavy atom. The van der Waals surface area contributed by atoms with Gasteiger partial charge in [-0.05, 0) is 31.4 Å². The standard InChI is InChI=1S/C21H28N6O2S/c1-4-28-19-13(5-6-16(24-19)12(2)3)17-9-23-20-27(17)25-21(30-20)26-10-14-15(22)7-8-29-18(14)11-26/h5-6,9,12,14-15,18H,4,7-8,10-11,22H2,1-3H3. The highest BCUT2D eigenvalue weighted by molar-refractivity contribution is 7.20. The molecular formula is C21H28N6O2S. The second kappa shape index (κ2) is 7.79. The minimum Gasteiger partial charge on any atom is -0.477 e. The molecule has 0 aliphatic carbocycles. The fourth-order valence-electron chi connectivity index (χ4n) is 4.32. The van der Waals surface area contributed by atoms with Crippen LogP contribution in [0.5, 0.6) is 5.88 Å². The van der Waals surface area contributed by atoms with E-state index in [0.717, 1.165) is 53.2 Å². The van der Waals surface area contributed by atoms with Crippen molar-refractivity contribution in [2.45, 2.75) is 45.3 Å². The first-order valence-corrected chi connectivity index (χ1v) is 11.5. The predicted octanol–water partition coefficient (Wildman–Crippen LogP) is 2.93. The van der Waals surface area contributed by atoms with Crippen molar-refractivity contribution in [1.82, 2.24) is 19.6 Å². The van der Waals surface area contributed by atoms with E-state index in [4.69, 9.17) is 25.3 Å². The Morgan fingerprint density at radius 2 is 2.20 bits per heavy atom. The van der Waals surface area contributed by atoms with Crippen LogP contribution in [0.3, 0.4) is 0 Å². The van der Waals surface area contributed by atoms with Gasteiger partial charge in [-0.15, -0.1) is 5.10 Å². The SMILES string of the molecule is CCOc1nc(C(C)C)ccc1-c1cnc2sc(N3CC4OCCC(N)C4C3)nn12. The van der Waals surface area contributed by atoms with Crippen LogP contribution in [0.1, 0.15) is 38.8 Å². The molecule has 0 amide bonds. The van der Waals surface area contributed by atoms with Crippen molar-refractivity contribution in [3.8, 4) is 17.1 Å². The fourth-order valence-corrected chi connectivity index (χ4v) is 5.22. The minimum atomic E-state index is 0.196. The zero-order chi connectivity index (χ0) is 20.8. The topological polar surface area (TPSA) is 90.8 Å². The van der Waals surface area contributed by atoms with Crippen LogP contribution in [-0.2, 0) is 4.74 Å². The summed E-state index contributed by atoms with van der Waals surface area (Å²) in [6.45, 7) is 9.26. The van der Waals surface area contributed by atoms with E-state index in [9.17, 15) is 0 Å². The third kappa shape index (κ3) is 3.34. The molecular weight excluding hydrogens is 400 g/mol. The van der Waals surface area contributed by atoms with Gasteiger partial charge >= 0.3 is 0 Å². The van der Waals surface area contributed by atoms with Gasteiger partial charge in [-0.3, -0.25) is 0 Å². The van der Waals surface area contributed by atoms with Crippen molar-refractivity contribution in [2.24, 2.45) is 11.7 Å². The molecule has 3 atom stereocenters. The van der Waals surface area contributed by atoms with E-state index >= 15 is 0 Å². The van der Waals surface area contributed by atoms with Gasteiger partial charge in [-0.25, -0.2) is 14.5 Å². The highest BCUT2D eigenvalue weighted by atomic mass is 32.1. The van der Waals surface area contributed by atoms with Gasteiger partial charge in [0.15, 0.2) is 0 Å². The maximum Gasteiger partial charge on any atom is 0.223 e. The summed E-state index contributed by atoms with van der Waals surface area (Å²) >= 11 is 1.59. The first kappa shape index (κ1) is 19.7. The zero-order valence-corrected chi connectivity index (χ0v) is 18.4. The van der Waals surface area contributed by atoms with Crippen molar-refractivity contribution < 1.29 is 9.47 Å². The van der Waals surface area contributed by atoms with Crippen molar-refractivity contribution in [3.05, 3.63) is 24.0 Å². The molecule has 30 heavy (non-hydrogen) atoms. The van der Waals surface area contributed by atoms with E-state index in [0.29, 0.717) is 24.3 Å². The molecule has 2 saturated heterocycles. The molecule has 2 aliphatic rings. The van der Waals surface area contributed by atoms with Gasteiger partial charge in [0.2, 0.25) is 16.0 Å². The molecule has 0 bridgehead atoms. The Morgan fingerprint density at radius 3 is 2.97 bits per heavy atom. The van der Waals surface area contributed by atoms with Crippen LogP contribution in [0.4, 0.5) is 5.13 Å². The normalized spacial score (nSPS) is 24.0. The summed E-state index contributed by atoms with van der Waals surface area (Å²) in [7, 11) is 0. The van der Waals surface area contributed by atoms with Gasteiger partial charge in [0.25, 0.3) is 0 Å². The Hall–Kier alpha value is -2.23. The van der Waals surface area contributed by atoms with Gasteiger partial charge < -0.3 is 20.1 Å². The molecule has 2 N–H and O–H groups in total. The van der Waals surface area contributed by atoms with Crippen LogP contribution >= 0.6 is 11.3 Å². The average molecular weight is 429 g/mol. The lowest BCUT2D eigenvalue weighted by Crippen LogP contribution is -2.43. The van der Waals surface area contributed by atoms with E-state index < -0.39 is 0 Å². The van der Waals surface area contributed by atoms with Gasteiger partial charge in [-0.2, -0.15) is 0 Å². The number of hydrogen-bond donors (Lipinski definition) is 1. The molecule has 160 valence electrons. The first-order valence-electron chi connectivity index (χ1n) is 10.7. The molecule has 9 heteroatoms. The molecule has 0 aromatic carbocycles. The molecule has 8 nitrogen and oxygen atoms in total. The Labute approximate surface area is 180 Å². The fraction of sp³-hybridized carbons (Fsp3) is 0.571. The van der Waals surface area contributed by atoms with Crippen LogP contribution in [0.15, 0.2) is 18.3 Å². The van der Waals surface area contributed by atoms with E-state index in [-0.39, 0.29) is 12.1 Å². The number of pyridine rings is 1. The second-order valence-electron chi connectivity index (χ2n) is 8.33. The number of fused-ring (bicyclic) bond motifs is 2. The Balaban J connectivity index is 1.48. The number of aromatic nitrogens is 4. The molecule has 5 heterocycles. The summed E-state index contributed by atoms with van der Waals surface area (Å²) in [6, 6.07) is 4.32. The smallest absolute Gasteiger partial charge is 0.223 e. The largest absolute Gasteiger partial charge is 0.477 e. The molecule has 0 radical (unpaired) electrons. The molecule has 3 aromatic heterocycles. The number of anilines is 1. The molecule has 5 rings (SSSR count). The third-order valence-corrected chi connectivity index (χ3v) is 7.00. The second-order valence-corrected chi connectivity index (χ2v) is 9.26. The van der Waals surface area contributed by atoms with Crippen molar-refractivity contribution in [1.29, 1.82) is 0 Å². The number of hydrogen-bond acceptors (Lipinski definition) is 8. The van der Waals surface area contributed by atoms with Crippen molar-refractivity contribution in [2.75, 3.05) is 31.2 Å². The highest BCUT2D eigenvalue weighted by Gasteiger charge is 2.41. The van der Waals surface area contributed by atoms with Gasteiger partial charge in [0, 0.05) is 37.4 Å². The first-order chi connectivity index (χ1) is 14.5. The van der Waals surface area contributed by atoms with Gasteiger partial charge in [0.05, 0.1) is 30.2 Å². The number of nitrogens with two attached hydrogens (primary N) is 1. The summed E-state index contributed by atoms with van der Waals surface area (Å²) in [4.78, 5) is 12.5. The van der Waals surface area contributed by atoms with E-state index in [2.05, 4.69) is 35.9 Å². The van der Waals surface area contributed by atoms with Crippen LogP contribution in [0.2, 0.25) is 0 Å². The molecule has 3 unspecified atom stereocenters. The molecule has 0 spiro atoms. The Kier molecular flexibility index (Phi) is 5.12. The highest BCUT2D eigenvalue weighted by Crippen LogP contribution is 2.36. The summed E-state index contributed by atoms with van der Waals surface area (Å²) < 4.78 is 13.7. The molecule has 3 aromatic rings. The van der Waals surface area contributed by atoms with Crippen molar-refractivity contribution in [3.63, 3.8) is 0 Å². The van der Waals surface area contributed by atoms with Crippen LogP contribution in [0, 0.1) is 5.92 Å². The lowest BCUT2D eigenvalue weighted by atomic mass is 9.93. The number of ether oxygens (including phenoxy) is 2. The summed E-state index contributed by atoms with van der Waals surface area (Å²) in [5.41, 5.74) is 9.14. The van der Waals surface area contributed by atoms with Gasteiger partial charge in [0.1, 0.15) is 0 Å². The lowest BCUT2D eigenvalue weighted by Gasteiger charge is -2.29. The van der Waals surface area contributed by atoms with Crippen LogP contribution in [-0.4, -0.2) is 58.0 Å². The van der Waals surface area contributed by atoms with Crippen LogP contribution in [0.25, 0.3) is 16.2 Å². The molecule has 0 saturated carbocycles. The predicted molar refractivity (Wildman–Crippen MR) is 117 cm³/mol. The maximum absolute atomic E-state index is 6.33. The number of nitrogens with zero attached hydrogens (tertiary/aromatic N) is 5. The zero-order valence-electron chi connectivity index (χ0n) is 17.6. The van der Waals surface area contributed by atoms with E-state index in [1.807, 2.05) is 17.6 Å². The monoisotopic (exact) mass is 428 g/mol. The molecule has 2 fully saturated rings. The number of rotatable bonds is 5. The van der Waals surface area contributed by atoms with E-state index in [1.165, 1.54) is 0 Å². The summed E-state index contributed by atoms with van der Waals surface area (Å²) in [5.74, 6) is 1.33. The minimum absolute atomic E-state index is 0.196. The van der Waals surface area contributed by atoms with Crippen LogP contribution < -0.4 is 15.4 Å². The summed E-state index contributed by atoms with van der Waals surface area (Å²) in [5, 5.41) is 5.84. The Bertz CT molecular complexity index is 1050. The van der Waals surface area contributed by atoms with E-state index in [1.54, 1.807) is 11.3 Å². The lowest BCUT2D eigenvalue weighted by molar-refractivity contribution is -0.00904. The van der Waals surface area contributed by atoms with Gasteiger partial charge in [-0.1, -0.05) is 25.2 Å². The summed E-state index contributed by atoms with van der Waals surface area (Å²) in [6.07, 6.45) is 2.97. The quantitative estimate of drug-likeness (QED) is 0.668. The number of imidazole rings is 1. The van der Waals surface area contributed by atoms with Crippen molar-refractivity contribution >= 4 is 21.4 Å².